The van der Waals surface area contributed by atoms with Crippen molar-refractivity contribution in [3.8, 4) is 0 Å². The van der Waals surface area contributed by atoms with Gasteiger partial charge in [0, 0.05) is 19.0 Å². The van der Waals surface area contributed by atoms with Gasteiger partial charge in [0.2, 0.25) is 5.89 Å². The molecule has 1 aromatic rings. The highest BCUT2D eigenvalue weighted by Gasteiger charge is 2.29. The third-order valence-electron chi connectivity index (χ3n) is 3.98. The van der Waals surface area contributed by atoms with Gasteiger partial charge in [0.25, 0.3) is 5.95 Å². The minimum Gasteiger partial charge on any atom is -0.338 e. The summed E-state index contributed by atoms with van der Waals surface area (Å²) in [7, 11) is 0. The number of nitrogens with one attached hydrogen (secondary N) is 1. The molecule has 2 saturated heterocycles. The molecule has 0 radical (unpaired) electrons. The summed E-state index contributed by atoms with van der Waals surface area (Å²) in [6.45, 7) is 6.46. The van der Waals surface area contributed by atoms with Crippen molar-refractivity contribution in [3.63, 3.8) is 0 Å². The maximum Gasteiger partial charge on any atom is 0.266 e. The molecule has 2 fully saturated rings. The summed E-state index contributed by atoms with van der Waals surface area (Å²) >= 11 is 0. The van der Waals surface area contributed by atoms with E-state index in [4.69, 9.17) is 4.52 Å². The molecule has 0 aliphatic carbocycles. The van der Waals surface area contributed by atoms with E-state index in [9.17, 15) is 0 Å². The Balaban J connectivity index is 1.68. The van der Waals surface area contributed by atoms with Crippen molar-refractivity contribution in [1.82, 2.24) is 15.5 Å². The van der Waals surface area contributed by atoms with Crippen LogP contribution in [0.1, 0.15) is 38.0 Å². The molecule has 2 aliphatic rings. The molecule has 94 valence electrons. The molecule has 17 heavy (non-hydrogen) atoms. The molecule has 1 unspecified atom stereocenters. The predicted molar refractivity (Wildman–Crippen MR) is 65.1 cm³/mol. The lowest BCUT2D eigenvalue weighted by Gasteiger charge is -2.30. The number of nitrogens with zero attached hydrogens (tertiary/aromatic N) is 3. The van der Waals surface area contributed by atoms with Crippen LogP contribution < -0.4 is 10.2 Å². The Hall–Kier alpha value is -1.10. The molecule has 1 aromatic heterocycles. The summed E-state index contributed by atoms with van der Waals surface area (Å²) in [6.07, 6.45) is 3.81. The van der Waals surface area contributed by atoms with Crippen LogP contribution in [-0.4, -0.2) is 36.3 Å². The standard InChI is InChI=1S/C12H20N4O/c1-9(10-7-13-8-10)11-14-12(15-17-11)16-5-3-2-4-6-16/h9-10,13H,2-8H2,1H3. The molecular formula is C12H20N4O. The number of anilines is 1. The summed E-state index contributed by atoms with van der Waals surface area (Å²) in [5.41, 5.74) is 0. The molecule has 0 bridgehead atoms. The van der Waals surface area contributed by atoms with Crippen LogP contribution in [0.15, 0.2) is 4.52 Å². The summed E-state index contributed by atoms with van der Waals surface area (Å²) < 4.78 is 5.41. The van der Waals surface area contributed by atoms with Gasteiger partial charge in [-0.3, -0.25) is 0 Å². The predicted octanol–water partition coefficient (Wildman–Crippen LogP) is 1.38. The lowest BCUT2D eigenvalue weighted by molar-refractivity contribution is 0.252. The van der Waals surface area contributed by atoms with E-state index < -0.39 is 0 Å². The van der Waals surface area contributed by atoms with Crippen LogP contribution in [0, 0.1) is 5.92 Å². The number of aromatic nitrogens is 2. The fraction of sp³-hybridized carbons (Fsp3) is 0.833. The quantitative estimate of drug-likeness (QED) is 0.859. The smallest absolute Gasteiger partial charge is 0.266 e. The highest BCUT2D eigenvalue weighted by Crippen LogP contribution is 2.27. The topological polar surface area (TPSA) is 54.2 Å². The SMILES string of the molecule is CC(c1nc(N2CCCCC2)no1)C1CNC1. The van der Waals surface area contributed by atoms with Gasteiger partial charge in [-0.15, -0.1) is 0 Å². The Morgan fingerprint density at radius 2 is 2.06 bits per heavy atom. The summed E-state index contributed by atoms with van der Waals surface area (Å²) in [5, 5.41) is 7.40. The van der Waals surface area contributed by atoms with Crippen LogP contribution in [0.3, 0.4) is 0 Å². The van der Waals surface area contributed by atoms with E-state index in [0.29, 0.717) is 11.8 Å². The van der Waals surface area contributed by atoms with Gasteiger partial charge in [-0.05, 0) is 43.4 Å². The molecule has 1 atom stereocenters. The second-order valence-electron chi connectivity index (χ2n) is 5.19. The third-order valence-corrected chi connectivity index (χ3v) is 3.98. The van der Waals surface area contributed by atoms with Gasteiger partial charge in [-0.1, -0.05) is 6.92 Å². The lowest BCUT2D eigenvalue weighted by atomic mass is 9.89. The summed E-state index contributed by atoms with van der Waals surface area (Å²) in [4.78, 5) is 6.80. The summed E-state index contributed by atoms with van der Waals surface area (Å²) in [5.74, 6) is 2.63. The highest BCUT2D eigenvalue weighted by molar-refractivity contribution is 5.28. The molecule has 1 N–H and O–H groups in total. The van der Waals surface area contributed by atoms with E-state index in [1.165, 1.54) is 19.3 Å². The maximum atomic E-state index is 5.41. The highest BCUT2D eigenvalue weighted by atomic mass is 16.5. The number of hydrogen-bond donors (Lipinski definition) is 1. The van der Waals surface area contributed by atoms with Crippen LogP contribution in [0.25, 0.3) is 0 Å². The minimum absolute atomic E-state index is 0.377. The van der Waals surface area contributed by atoms with Gasteiger partial charge >= 0.3 is 0 Å². The zero-order valence-electron chi connectivity index (χ0n) is 10.4. The molecule has 0 amide bonds. The van der Waals surface area contributed by atoms with Crippen molar-refractivity contribution in [2.24, 2.45) is 5.92 Å². The molecular weight excluding hydrogens is 216 g/mol. The first kappa shape index (κ1) is 11.0. The Bertz CT molecular complexity index is 352. The molecule has 0 aromatic carbocycles. The molecule has 5 heteroatoms. The average Bonchev–Trinajstić information content (AvgIpc) is 2.77. The molecule has 3 heterocycles. The van der Waals surface area contributed by atoms with E-state index in [1.807, 2.05) is 0 Å². The molecule has 5 nitrogen and oxygen atoms in total. The fourth-order valence-electron chi connectivity index (χ4n) is 2.50. The average molecular weight is 236 g/mol. The Morgan fingerprint density at radius 3 is 2.71 bits per heavy atom. The maximum absolute atomic E-state index is 5.41. The van der Waals surface area contributed by atoms with Crippen LogP contribution in [0.2, 0.25) is 0 Å². The minimum atomic E-state index is 0.377. The van der Waals surface area contributed by atoms with Crippen LogP contribution in [0.5, 0.6) is 0 Å². The van der Waals surface area contributed by atoms with Crippen molar-refractivity contribution in [2.75, 3.05) is 31.1 Å². The van der Waals surface area contributed by atoms with Gasteiger partial charge in [-0.2, -0.15) is 4.98 Å². The first-order chi connectivity index (χ1) is 8.34. The lowest BCUT2D eigenvalue weighted by Crippen LogP contribution is -2.44. The van der Waals surface area contributed by atoms with E-state index >= 15 is 0 Å². The van der Waals surface area contributed by atoms with Crippen LogP contribution in [-0.2, 0) is 0 Å². The Kier molecular flexibility index (Phi) is 3.01. The fourth-order valence-corrected chi connectivity index (χ4v) is 2.50. The van der Waals surface area contributed by atoms with Gasteiger partial charge in [0.05, 0.1) is 0 Å². The molecule has 0 saturated carbocycles. The van der Waals surface area contributed by atoms with Crippen molar-refractivity contribution >= 4 is 5.95 Å². The monoisotopic (exact) mass is 236 g/mol. The second kappa shape index (κ2) is 4.64. The molecule has 0 spiro atoms. The number of piperidine rings is 1. The third kappa shape index (κ3) is 2.16. The van der Waals surface area contributed by atoms with E-state index in [2.05, 4.69) is 27.3 Å². The van der Waals surface area contributed by atoms with Crippen molar-refractivity contribution in [2.45, 2.75) is 32.1 Å². The zero-order chi connectivity index (χ0) is 11.7. The van der Waals surface area contributed by atoms with Gasteiger partial charge in [-0.25, -0.2) is 0 Å². The first-order valence-electron chi connectivity index (χ1n) is 6.64. The molecule has 3 rings (SSSR count). The van der Waals surface area contributed by atoms with Crippen molar-refractivity contribution in [1.29, 1.82) is 0 Å². The van der Waals surface area contributed by atoms with Crippen LogP contribution in [0.4, 0.5) is 5.95 Å². The van der Waals surface area contributed by atoms with Gasteiger partial charge in [0.1, 0.15) is 0 Å². The largest absolute Gasteiger partial charge is 0.338 e. The number of rotatable bonds is 3. The van der Waals surface area contributed by atoms with Gasteiger partial charge in [0.15, 0.2) is 0 Å². The normalized spacial score (nSPS) is 23.5. The summed E-state index contributed by atoms with van der Waals surface area (Å²) in [6, 6.07) is 0. The second-order valence-corrected chi connectivity index (χ2v) is 5.19. The van der Waals surface area contributed by atoms with Crippen LogP contribution >= 0.6 is 0 Å². The first-order valence-corrected chi connectivity index (χ1v) is 6.64. The molecule has 2 aliphatic heterocycles. The van der Waals surface area contributed by atoms with E-state index in [1.54, 1.807) is 0 Å². The van der Waals surface area contributed by atoms with Gasteiger partial charge < -0.3 is 14.7 Å². The number of hydrogen-bond acceptors (Lipinski definition) is 5. The van der Waals surface area contributed by atoms with Crippen molar-refractivity contribution < 1.29 is 4.52 Å². The zero-order valence-corrected chi connectivity index (χ0v) is 10.4. The van der Waals surface area contributed by atoms with E-state index in [0.717, 1.165) is 38.0 Å². The Morgan fingerprint density at radius 1 is 1.29 bits per heavy atom. The Labute approximate surface area is 102 Å². The van der Waals surface area contributed by atoms with E-state index in [-0.39, 0.29) is 0 Å². The van der Waals surface area contributed by atoms with Crippen molar-refractivity contribution in [3.05, 3.63) is 5.89 Å².